The number of aliphatic hydroxyl groups is 2. The summed E-state index contributed by atoms with van der Waals surface area (Å²) in [6.07, 6.45) is 0.199. The Morgan fingerprint density at radius 1 is 0.733 bits per heavy atom. The maximum atomic E-state index is 11.0. The van der Waals surface area contributed by atoms with Gasteiger partial charge < -0.3 is 14.9 Å². The lowest BCUT2D eigenvalue weighted by Gasteiger charge is -2.16. The molecule has 0 bridgehead atoms. The van der Waals surface area contributed by atoms with Crippen molar-refractivity contribution in [3.8, 4) is 51.2 Å². The lowest BCUT2D eigenvalue weighted by atomic mass is 9.82. The van der Waals surface area contributed by atoms with Gasteiger partial charge in [-0.3, -0.25) is 4.55 Å². The predicted molar refractivity (Wildman–Crippen MR) is 171 cm³/mol. The second-order valence-electron chi connectivity index (χ2n) is 11.3. The highest BCUT2D eigenvalue weighted by Crippen LogP contribution is 2.50. The molecule has 224 valence electrons. The van der Waals surface area contributed by atoms with E-state index in [1.54, 1.807) is 6.07 Å². The van der Waals surface area contributed by atoms with Crippen LogP contribution in [0, 0.1) is 11.8 Å². The molecule has 0 spiro atoms. The molecule has 3 N–H and O–H groups in total. The number of pyridine rings is 1. The molecule has 5 aromatic rings. The van der Waals surface area contributed by atoms with Crippen LogP contribution in [0.1, 0.15) is 34.2 Å². The van der Waals surface area contributed by atoms with Crippen LogP contribution in [0.5, 0.6) is 5.75 Å². The van der Waals surface area contributed by atoms with Crippen LogP contribution in [0.2, 0.25) is 0 Å². The van der Waals surface area contributed by atoms with Gasteiger partial charge in [0.15, 0.2) is 0 Å². The highest BCUT2D eigenvalue weighted by molar-refractivity contribution is 7.85. The largest absolute Gasteiger partial charge is 0.494 e. The van der Waals surface area contributed by atoms with Crippen LogP contribution in [0.4, 0.5) is 0 Å². The normalized spacial score (nSPS) is 13.4. The average Bonchev–Trinajstić information content (AvgIpc) is 3.51. The van der Waals surface area contributed by atoms with E-state index in [1.807, 2.05) is 60.7 Å². The molecule has 0 aliphatic carbocycles. The second-order valence-corrected chi connectivity index (χ2v) is 12.8. The molecule has 0 atom stereocenters. The standard InChI is InChI=1S/C37H29NO6S/c39-23-26-18-25(19-27(20-26)24-40)14-15-37-33-8-3-1-6-31(33)35-21-29(22-36(38(35)37)32-7-2-4-9-34(32)37)28-10-12-30(13-11-28)44-16-5-17-45(41,42)43/h1-4,6-13,18-22,39-40H,5,16-17,23-24H2/p+1. The molecule has 0 amide bonds. The number of hydrogen-bond acceptors (Lipinski definition) is 5. The third-order valence-corrected chi connectivity index (χ3v) is 9.20. The summed E-state index contributed by atoms with van der Waals surface area (Å²) in [6.45, 7) is -0.0863. The van der Waals surface area contributed by atoms with Gasteiger partial charge in [0.1, 0.15) is 5.75 Å². The van der Waals surface area contributed by atoms with Gasteiger partial charge in [-0.2, -0.15) is 13.0 Å². The van der Waals surface area contributed by atoms with Crippen molar-refractivity contribution in [1.29, 1.82) is 0 Å². The number of ether oxygens (including phenoxy) is 1. The molecule has 0 fully saturated rings. The first-order valence-electron chi connectivity index (χ1n) is 14.7. The smallest absolute Gasteiger partial charge is 0.282 e. The van der Waals surface area contributed by atoms with Crippen molar-refractivity contribution >= 4 is 10.1 Å². The number of hydrogen-bond donors (Lipinski definition) is 3. The van der Waals surface area contributed by atoms with Crippen LogP contribution in [0.15, 0.2) is 103 Å². The maximum Gasteiger partial charge on any atom is 0.282 e. The maximum absolute atomic E-state index is 11.0. The summed E-state index contributed by atoms with van der Waals surface area (Å²) in [6, 6.07) is 34.3. The van der Waals surface area contributed by atoms with Gasteiger partial charge in [-0.25, -0.2) is 0 Å². The number of aromatic nitrogens is 1. The van der Waals surface area contributed by atoms with Gasteiger partial charge in [0.2, 0.25) is 11.4 Å². The van der Waals surface area contributed by atoms with Gasteiger partial charge in [-0.05, 0) is 83.1 Å². The van der Waals surface area contributed by atoms with E-state index in [1.165, 1.54) is 0 Å². The Balaban J connectivity index is 1.34. The van der Waals surface area contributed by atoms with Crippen LogP contribution in [0.3, 0.4) is 0 Å². The monoisotopic (exact) mass is 616 g/mol. The summed E-state index contributed by atoms with van der Waals surface area (Å²) >= 11 is 0. The average molecular weight is 617 g/mol. The second kappa shape index (κ2) is 11.3. The van der Waals surface area contributed by atoms with E-state index in [-0.39, 0.29) is 32.0 Å². The van der Waals surface area contributed by atoms with E-state index < -0.39 is 15.7 Å². The van der Waals surface area contributed by atoms with Gasteiger partial charge in [0.05, 0.1) is 47.8 Å². The zero-order chi connectivity index (χ0) is 31.2. The third-order valence-electron chi connectivity index (χ3n) is 8.40. The summed E-state index contributed by atoms with van der Waals surface area (Å²) in [4.78, 5) is 0. The molecular weight excluding hydrogens is 586 g/mol. The van der Waals surface area contributed by atoms with E-state index in [0.29, 0.717) is 16.9 Å². The summed E-state index contributed by atoms with van der Waals surface area (Å²) < 4.78 is 38.9. The Hall–Kier alpha value is -4.78. The SMILES string of the molecule is O=S(=O)(O)CCCOc1ccc(-c2cc3[n+]4c(c2)-c2ccccc2C4(C#Cc2cc(CO)cc(CO)c2)c2ccccc2-3)cc1. The lowest BCUT2D eigenvalue weighted by Crippen LogP contribution is -2.52. The molecule has 0 radical (unpaired) electrons. The number of aliphatic hydroxyl groups excluding tert-OH is 2. The molecule has 8 heteroatoms. The fourth-order valence-electron chi connectivity index (χ4n) is 6.49. The zero-order valence-electron chi connectivity index (χ0n) is 24.3. The van der Waals surface area contributed by atoms with Crippen molar-refractivity contribution in [1.82, 2.24) is 0 Å². The van der Waals surface area contributed by atoms with Crippen LogP contribution in [0.25, 0.3) is 33.6 Å². The van der Waals surface area contributed by atoms with E-state index in [9.17, 15) is 18.6 Å². The first kappa shape index (κ1) is 29.0. The van der Waals surface area contributed by atoms with Gasteiger partial charge in [-0.15, -0.1) is 0 Å². The molecule has 2 aliphatic rings. The van der Waals surface area contributed by atoms with Crippen LogP contribution in [-0.2, 0) is 28.9 Å². The molecule has 4 aromatic carbocycles. The summed E-state index contributed by atoms with van der Waals surface area (Å²) in [5.41, 5.74) is 9.90. The van der Waals surface area contributed by atoms with Gasteiger partial charge >= 0.3 is 0 Å². The molecular formula is C37H30NO6S+. The molecule has 45 heavy (non-hydrogen) atoms. The van der Waals surface area contributed by atoms with E-state index >= 15 is 0 Å². The molecule has 1 aromatic heterocycles. The highest BCUT2D eigenvalue weighted by atomic mass is 32.2. The minimum absolute atomic E-state index is 0.134. The minimum Gasteiger partial charge on any atom is -0.494 e. The summed E-state index contributed by atoms with van der Waals surface area (Å²) in [5.74, 6) is 7.36. The Morgan fingerprint density at radius 3 is 1.87 bits per heavy atom. The third kappa shape index (κ3) is 5.10. The van der Waals surface area contributed by atoms with E-state index in [0.717, 1.165) is 50.3 Å². The molecule has 0 unspecified atom stereocenters. The van der Waals surface area contributed by atoms with Crippen molar-refractivity contribution in [2.45, 2.75) is 25.2 Å². The fraction of sp³-hybridized carbons (Fsp3) is 0.162. The highest BCUT2D eigenvalue weighted by Gasteiger charge is 2.59. The molecule has 0 saturated carbocycles. The quantitative estimate of drug-likeness (QED) is 0.0971. The van der Waals surface area contributed by atoms with Gasteiger partial charge in [0, 0.05) is 17.7 Å². The number of rotatable bonds is 8. The van der Waals surface area contributed by atoms with Crippen molar-refractivity contribution < 1.29 is 32.5 Å². The van der Waals surface area contributed by atoms with Gasteiger partial charge in [0.25, 0.3) is 15.7 Å². The Labute approximate surface area is 261 Å². The number of nitrogens with zero attached hydrogens (tertiary/aromatic N) is 1. The summed E-state index contributed by atoms with van der Waals surface area (Å²) in [5, 5.41) is 19.6. The van der Waals surface area contributed by atoms with Crippen LogP contribution in [-0.4, -0.2) is 35.5 Å². The lowest BCUT2D eigenvalue weighted by molar-refractivity contribution is -0.697. The number of benzene rings is 4. The molecule has 2 aliphatic heterocycles. The van der Waals surface area contributed by atoms with Crippen LogP contribution < -0.4 is 9.30 Å². The first-order valence-corrected chi connectivity index (χ1v) is 16.3. The minimum atomic E-state index is -4.01. The van der Waals surface area contributed by atoms with Crippen molar-refractivity contribution in [2.24, 2.45) is 0 Å². The summed E-state index contributed by atoms with van der Waals surface area (Å²) in [7, 11) is -4.01. The Bertz CT molecular complexity index is 2040. The zero-order valence-corrected chi connectivity index (χ0v) is 25.1. The van der Waals surface area contributed by atoms with E-state index in [4.69, 9.17) is 9.29 Å². The molecule has 7 nitrogen and oxygen atoms in total. The number of fused-ring (bicyclic) bond motifs is 6. The van der Waals surface area contributed by atoms with Crippen molar-refractivity contribution in [2.75, 3.05) is 12.4 Å². The first-order chi connectivity index (χ1) is 21.8. The van der Waals surface area contributed by atoms with Crippen molar-refractivity contribution in [3.63, 3.8) is 0 Å². The van der Waals surface area contributed by atoms with Crippen LogP contribution >= 0.6 is 0 Å². The van der Waals surface area contributed by atoms with E-state index in [2.05, 4.69) is 52.8 Å². The Morgan fingerprint density at radius 2 is 1.31 bits per heavy atom. The van der Waals surface area contributed by atoms with Gasteiger partial charge in [-0.1, -0.05) is 48.4 Å². The Kier molecular flexibility index (Phi) is 7.27. The molecule has 0 saturated heterocycles. The van der Waals surface area contributed by atoms with Crippen molar-refractivity contribution in [3.05, 3.63) is 131 Å². The molecule has 3 heterocycles. The predicted octanol–water partition coefficient (Wildman–Crippen LogP) is 5.09. The molecule has 7 rings (SSSR count). The topological polar surface area (TPSA) is 108 Å². The fourth-order valence-corrected chi connectivity index (χ4v) is 6.98.